The van der Waals surface area contributed by atoms with E-state index < -0.39 is 70.7 Å². The summed E-state index contributed by atoms with van der Waals surface area (Å²) in [4.78, 5) is 27.0. The quantitative estimate of drug-likeness (QED) is 0.371. The summed E-state index contributed by atoms with van der Waals surface area (Å²) < 4.78 is 128. The lowest BCUT2D eigenvalue weighted by atomic mass is 9.73. The van der Waals surface area contributed by atoms with Gasteiger partial charge in [-0.2, -0.15) is 39.5 Å². The number of alkyl halides is 9. The molecule has 14 heteroatoms. The van der Waals surface area contributed by atoms with Crippen molar-refractivity contribution < 1.29 is 53.8 Å². The predicted molar refractivity (Wildman–Crippen MR) is 126 cm³/mol. The number of fused-ring (bicyclic) bond motifs is 1. The molecule has 40 heavy (non-hydrogen) atoms. The molecular weight excluding hydrogens is 559 g/mol. The Morgan fingerprint density at radius 1 is 0.900 bits per heavy atom. The van der Waals surface area contributed by atoms with Crippen LogP contribution < -0.4 is 10.2 Å². The van der Waals surface area contributed by atoms with Crippen molar-refractivity contribution in [3.8, 4) is 0 Å². The first kappa shape index (κ1) is 31.1. The Kier molecular flexibility index (Phi) is 8.70. The average Bonchev–Trinajstić information content (AvgIpc) is 2.86. The number of halogens is 9. The Balaban J connectivity index is 2.36. The normalized spacial score (nSPS) is 18.6. The van der Waals surface area contributed by atoms with Crippen LogP contribution >= 0.6 is 0 Å². The van der Waals surface area contributed by atoms with Gasteiger partial charge in [-0.3, -0.25) is 9.69 Å². The van der Waals surface area contributed by atoms with Gasteiger partial charge in [-0.25, -0.2) is 4.79 Å². The molecule has 0 saturated carbocycles. The number of carbonyl (C=O) groups excluding carboxylic acids is 2. The van der Waals surface area contributed by atoms with Crippen molar-refractivity contribution in [1.82, 2.24) is 5.32 Å². The summed E-state index contributed by atoms with van der Waals surface area (Å²) >= 11 is 0. The van der Waals surface area contributed by atoms with E-state index in [2.05, 4.69) is 5.32 Å². The summed E-state index contributed by atoms with van der Waals surface area (Å²) in [7, 11) is 1.10. The van der Waals surface area contributed by atoms with Crippen LogP contribution in [0.1, 0.15) is 66.3 Å². The molecule has 0 radical (unpaired) electrons. The van der Waals surface area contributed by atoms with Gasteiger partial charge in [0.15, 0.2) is 0 Å². The summed E-state index contributed by atoms with van der Waals surface area (Å²) in [6, 6.07) is 2.22. The zero-order valence-corrected chi connectivity index (χ0v) is 21.4. The largest absolute Gasteiger partial charge is 0.449 e. The summed E-state index contributed by atoms with van der Waals surface area (Å²) in [5.41, 5.74) is -5.54. The van der Waals surface area contributed by atoms with Crippen molar-refractivity contribution in [2.45, 2.75) is 63.1 Å². The molecule has 2 aromatic carbocycles. The fourth-order valence-electron chi connectivity index (χ4n) is 4.96. The number of benzene rings is 2. The maximum atomic E-state index is 13.7. The number of likely N-dealkylation sites (N-methyl/N-ethyl adjacent to an activating group) is 1. The Bertz CT molecular complexity index is 1220. The maximum Gasteiger partial charge on any atom is 0.416 e. The van der Waals surface area contributed by atoms with E-state index in [-0.39, 0.29) is 36.8 Å². The van der Waals surface area contributed by atoms with Gasteiger partial charge in [0.1, 0.15) is 0 Å². The molecule has 0 fully saturated rings. The highest BCUT2D eigenvalue weighted by molar-refractivity contribution is 5.92. The van der Waals surface area contributed by atoms with Crippen LogP contribution in [0.4, 0.5) is 50.0 Å². The first-order valence-corrected chi connectivity index (χ1v) is 12.1. The van der Waals surface area contributed by atoms with E-state index in [4.69, 9.17) is 4.74 Å². The average molecular weight is 584 g/mol. The van der Waals surface area contributed by atoms with Crippen LogP contribution in [0.5, 0.6) is 0 Å². The van der Waals surface area contributed by atoms with Gasteiger partial charge in [-0.05, 0) is 67.3 Å². The molecule has 3 rings (SSSR count). The number of hydrogen-bond acceptors (Lipinski definition) is 3. The second-order valence-electron chi connectivity index (χ2n) is 9.18. The molecule has 2 amide bonds. The summed E-state index contributed by atoms with van der Waals surface area (Å²) in [5, 5.41) is 2.21. The van der Waals surface area contributed by atoms with Crippen molar-refractivity contribution in [2.75, 3.05) is 18.6 Å². The van der Waals surface area contributed by atoms with Gasteiger partial charge in [-0.1, -0.05) is 6.92 Å². The second-order valence-corrected chi connectivity index (χ2v) is 9.18. The van der Waals surface area contributed by atoms with Crippen LogP contribution in [0.25, 0.3) is 0 Å². The third kappa shape index (κ3) is 6.30. The third-order valence-corrected chi connectivity index (χ3v) is 6.74. The molecule has 0 spiro atoms. The Morgan fingerprint density at radius 2 is 1.45 bits per heavy atom. The van der Waals surface area contributed by atoms with Gasteiger partial charge in [-0.15, -0.1) is 0 Å². The van der Waals surface area contributed by atoms with E-state index in [1.165, 1.54) is 6.92 Å². The standard InChI is InChI=1S/C26H25F9N2O3/c1-4-17-12-19(18-11-14(24(27,28)29)6-7-20(18)37(17)23(39)40-5-2)21(22(38)36-3)13-8-15(25(30,31)32)10-16(9-13)26(33,34)35/h6-11,17,19,21H,4-5,12H2,1-3H3,(H,36,38). The molecule has 0 aliphatic carbocycles. The Labute approximate surface area is 223 Å². The first-order valence-electron chi connectivity index (χ1n) is 12.1. The molecule has 3 unspecified atom stereocenters. The smallest absolute Gasteiger partial charge is 0.416 e. The van der Waals surface area contributed by atoms with Gasteiger partial charge in [0.25, 0.3) is 0 Å². The highest BCUT2D eigenvalue weighted by Gasteiger charge is 2.45. The highest BCUT2D eigenvalue weighted by atomic mass is 19.4. The van der Waals surface area contributed by atoms with E-state index in [9.17, 15) is 49.1 Å². The minimum Gasteiger partial charge on any atom is -0.449 e. The zero-order chi connectivity index (χ0) is 30.2. The van der Waals surface area contributed by atoms with Crippen molar-refractivity contribution in [1.29, 1.82) is 0 Å². The molecule has 1 heterocycles. The van der Waals surface area contributed by atoms with E-state index >= 15 is 0 Å². The number of amides is 2. The van der Waals surface area contributed by atoms with Gasteiger partial charge in [0.05, 0.1) is 34.9 Å². The molecule has 1 aliphatic rings. The van der Waals surface area contributed by atoms with Crippen molar-refractivity contribution in [3.63, 3.8) is 0 Å². The molecule has 5 nitrogen and oxygen atoms in total. The third-order valence-electron chi connectivity index (χ3n) is 6.74. The van der Waals surface area contributed by atoms with E-state index in [0.29, 0.717) is 24.3 Å². The fraction of sp³-hybridized carbons (Fsp3) is 0.462. The lowest BCUT2D eigenvalue weighted by molar-refractivity contribution is -0.143. The van der Waals surface area contributed by atoms with Crippen LogP contribution in [0.15, 0.2) is 36.4 Å². The molecule has 0 aromatic heterocycles. The monoisotopic (exact) mass is 584 g/mol. The van der Waals surface area contributed by atoms with Crippen LogP contribution in [0.3, 0.4) is 0 Å². The van der Waals surface area contributed by atoms with Crippen molar-refractivity contribution in [3.05, 3.63) is 64.2 Å². The Morgan fingerprint density at radius 3 is 1.90 bits per heavy atom. The van der Waals surface area contributed by atoms with Crippen LogP contribution in [0, 0.1) is 0 Å². The number of rotatable bonds is 5. The SMILES string of the molecule is CCOC(=O)N1c2ccc(C(F)(F)F)cc2C(C(C(=O)NC)c2cc(C(F)(F)F)cc(C(F)(F)F)c2)CC1CC. The van der Waals surface area contributed by atoms with E-state index in [0.717, 1.165) is 18.0 Å². The summed E-state index contributed by atoms with van der Waals surface area (Å²) in [5.74, 6) is -4.12. The molecule has 220 valence electrons. The number of hydrogen-bond donors (Lipinski definition) is 1. The molecule has 0 bridgehead atoms. The Hall–Kier alpha value is -3.45. The molecule has 1 N–H and O–H groups in total. The lowest BCUT2D eigenvalue weighted by Gasteiger charge is -2.42. The summed E-state index contributed by atoms with van der Waals surface area (Å²) in [6.07, 6.45) is -16.3. The topological polar surface area (TPSA) is 58.6 Å². The van der Waals surface area contributed by atoms with Crippen molar-refractivity contribution in [2.24, 2.45) is 0 Å². The van der Waals surface area contributed by atoms with Gasteiger partial charge in [0, 0.05) is 19.0 Å². The van der Waals surface area contributed by atoms with Crippen LogP contribution in [-0.2, 0) is 28.1 Å². The van der Waals surface area contributed by atoms with Crippen LogP contribution in [0.2, 0.25) is 0 Å². The van der Waals surface area contributed by atoms with Gasteiger partial charge >= 0.3 is 24.6 Å². The van der Waals surface area contributed by atoms with E-state index in [1.54, 1.807) is 6.92 Å². The predicted octanol–water partition coefficient (Wildman–Crippen LogP) is 7.50. The number of nitrogens with zero attached hydrogens (tertiary/aromatic N) is 1. The molecular formula is C26H25F9N2O3. The number of nitrogens with one attached hydrogen (secondary N) is 1. The summed E-state index contributed by atoms with van der Waals surface area (Å²) in [6.45, 7) is 3.06. The number of anilines is 1. The minimum absolute atomic E-state index is 0.0729. The minimum atomic E-state index is -5.22. The van der Waals surface area contributed by atoms with Crippen molar-refractivity contribution >= 4 is 17.7 Å². The number of ether oxygens (including phenoxy) is 1. The molecule has 2 aromatic rings. The number of carbonyl (C=O) groups is 2. The highest BCUT2D eigenvalue weighted by Crippen LogP contribution is 2.49. The molecule has 0 saturated heterocycles. The lowest BCUT2D eigenvalue weighted by Crippen LogP contribution is -2.47. The van der Waals surface area contributed by atoms with Gasteiger partial charge < -0.3 is 10.1 Å². The fourth-order valence-corrected chi connectivity index (χ4v) is 4.96. The van der Waals surface area contributed by atoms with Crippen LogP contribution in [-0.4, -0.2) is 31.7 Å². The maximum absolute atomic E-state index is 13.7. The van der Waals surface area contributed by atoms with E-state index in [1.807, 2.05) is 0 Å². The molecule has 3 atom stereocenters. The second kappa shape index (κ2) is 11.2. The zero-order valence-electron chi connectivity index (χ0n) is 21.4. The first-order chi connectivity index (χ1) is 18.4. The van der Waals surface area contributed by atoms with Gasteiger partial charge in [0.2, 0.25) is 5.91 Å². The molecule has 1 aliphatic heterocycles.